The van der Waals surface area contributed by atoms with Gasteiger partial charge in [0.25, 0.3) is 0 Å². The molecule has 1 fully saturated rings. The monoisotopic (exact) mass is 222 g/mol. The second-order valence-corrected chi connectivity index (χ2v) is 4.18. The molecular weight excluding hydrogens is 204 g/mol. The molecule has 4 atom stereocenters. The zero-order chi connectivity index (χ0) is 11.5. The Morgan fingerprint density at radius 3 is 2.62 bits per heavy atom. The first-order valence-corrected chi connectivity index (χ1v) is 5.75. The van der Waals surface area contributed by atoms with Gasteiger partial charge in [-0.25, -0.2) is 0 Å². The Morgan fingerprint density at radius 2 is 2.00 bits per heavy atom. The summed E-state index contributed by atoms with van der Waals surface area (Å²) in [6.07, 6.45) is -0.627. The fourth-order valence-corrected chi connectivity index (χ4v) is 2.00. The minimum Gasteiger partial charge on any atom is -0.490 e. The molecule has 0 unspecified atom stereocenters. The lowest BCUT2D eigenvalue weighted by molar-refractivity contribution is -0.115. The van der Waals surface area contributed by atoms with Crippen LogP contribution in [-0.4, -0.2) is 24.1 Å². The van der Waals surface area contributed by atoms with Crippen LogP contribution in [0.1, 0.15) is 13.8 Å². The van der Waals surface area contributed by atoms with Crippen LogP contribution in [0.25, 0.3) is 0 Å². The largest absolute Gasteiger partial charge is 0.490 e. The zero-order valence-corrected chi connectivity index (χ0v) is 9.67. The van der Waals surface area contributed by atoms with Crippen molar-refractivity contribution in [3.05, 3.63) is 30.3 Å². The van der Waals surface area contributed by atoms with Gasteiger partial charge in [0, 0.05) is 12.5 Å². The van der Waals surface area contributed by atoms with Crippen LogP contribution in [0, 0.1) is 11.8 Å². The van der Waals surface area contributed by atoms with Gasteiger partial charge in [0.1, 0.15) is 11.9 Å². The SMILES string of the molecule is CCO[C@@H](O)[C@@H]1[C@H](C)[C@H]1Oc1ccccc1. The molecule has 0 spiro atoms. The van der Waals surface area contributed by atoms with Gasteiger partial charge in [-0.2, -0.15) is 0 Å². The van der Waals surface area contributed by atoms with E-state index in [0.717, 1.165) is 5.75 Å². The van der Waals surface area contributed by atoms with Gasteiger partial charge in [-0.1, -0.05) is 25.1 Å². The summed E-state index contributed by atoms with van der Waals surface area (Å²) < 4.78 is 11.0. The van der Waals surface area contributed by atoms with Crippen molar-refractivity contribution in [3.8, 4) is 5.75 Å². The van der Waals surface area contributed by atoms with Crippen LogP contribution in [0.3, 0.4) is 0 Å². The first-order chi connectivity index (χ1) is 7.74. The topological polar surface area (TPSA) is 38.7 Å². The molecule has 3 nitrogen and oxygen atoms in total. The van der Waals surface area contributed by atoms with Gasteiger partial charge in [-0.3, -0.25) is 0 Å². The highest BCUT2D eigenvalue weighted by molar-refractivity contribution is 5.22. The molecule has 16 heavy (non-hydrogen) atoms. The number of ether oxygens (including phenoxy) is 2. The molecule has 3 heteroatoms. The number of rotatable bonds is 5. The Hall–Kier alpha value is -1.06. The number of benzene rings is 1. The highest BCUT2D eigenvalue weighted by Gasteiger charge is 2.54. The maximum absolute atomic E-state index is 9.71. The van der Waals surface area contributed by atoms with E-state index in [1.54, 1.807) is 0 Å². The van der Waals surface area contributed by atoms with Gasteiger partial charge in [-0.05, 0) is 19.1 Å². The van der Waals surface area contributed by atoms with Crippen molar-refractivity contribution in [1.29, 1.82) is 0 Å². The standard InChI is InChI=1S/C13H18O3/c1-3-15-13(14)11-9(2)12(11)16-10-7-5-4-6-8-10/h4-9,11-14H,3H2,1-2H3/t9-,11+,12+,13+/m0/s1. The van der Waals surface area contributed by atoms with Crippen molar-refractivity contribution in [2.24, 2.45) is 11.8 Å². The fraction of sp³-hybridized carbons (Fsp3) is 0.538. The first kappa shape index (κ1) is 11.4. The third-order valence-corrected chi connectivity index (χ3v) is 3.05. The van der Waals surface area contributed by atoms with E-state index < -0.39 is 6.29 Å². The number of hydrogen-bond acceptors (Lipinski definition) is 3. The fourth-order valence-electron chi connectivity index (χ4n) is 2.00. The predicted octanol–water partition coefficient (Wildman–Crippen LogP) is 2.05. The lowest BCUT2D eigenvalue weighted by atomic mass is 10.3. The molecule has 1 N–H and O–H groups in total. The molecule has 1 aliphatic rings. The summed E-state index contributed by atoms with van der Waals surface area (Å²) >= 11 is 0. The van der Waals surface area contributed by atoms with E-state index in [2.05, 4.69) is 6.92 Å². The van der Waals surface area contributed by atoms with Gasteiger partial charge >= 0.3 is 0 Å². The van der Waals surface area contributed by atoms with Crippen LogP contribution in [0.15, 0.2) is 30.3 Å². The normalized spacial score (nSPS) is 29.8. The third-order valence-electron chi connectivity index (χ3n) is 3.05. The van der Waals surface area contributed by atoms with Gasteiger partial charge in [0.2, 0.25) is 0 Å². The molecule has 88 valence electrons. The molecule has 0 radical (unpaired) electrons. The quantitative estimate of drug-likeness (QED) is 0.775. The minimum absolute atomic E-state index is 0.0731. The predicted molar refractivity (Wildman–Crippen MR) is 61.1 cm³/mol. The van der Waals surface area contributed by atoms with Crippen LogP contribution >= 0.6 is 0 Å². The molecule has 0 saturated heterocycles. The van der Waals surface area contributed by atoms with Crippen LogP contribution in [0.5, 0.6) is 5.75 Å². The highest BCUT2D eigenvalue weighted by Crippen LogP contribution is 2.44. The van der Waals surface area contributed by atoms with E-state index in [1.807, 2.05) is 37.3 Å². The molecule has 0 bridgehead atoms. The van der Waals surface area contributed by atoms with Crippen molar-refractivity contribution in [1.82, 2.24) is 0 Å². The molecule has 1 aromatic carbocycles. The lowest BCUT2D eigenvalue weighted by Crippen LogP contribution is -2.18. The summed E-state index contributed by atoms with van der Waals surface area (Å²) in [7, 11) is 0. The highest BCUT2D eigenvalue weighted by atomic mass is 16.6. The van der Waals surface area contributed by atoms with Gasteiger partial charge in [0.05, 0.1) is 5.92 Å². The van der Waals surface area contributed by atoms with E-state index in [4.69, 9.17) is 9.47 Å². The molecule has 1 saturated carbocycles. The molecule has 0 heterocycles. The Morgan fingerprint density at radius 1 is 1.31 bits per heavy atom. The maximum atomic E-state index is 9.71. The van der Waals surface area contributed by atoms with E-state index in [-0.39, 0.29) is 12.0 Å². The Bertz CT molecular complexity index is 325. The van der Waals surface area contributed by atoms with Crippen LogP contribution in [0.4, 0.5) is 0 Å². The van der Waals surface area contributed by atoms with Gasteiger partial charge in [-0.15, -0.1) is 0 Å². The van der Waals surface area contributed by atoms with Crippen molar-refractivity contribution in [2.45, 2.75) is 26.2 Å². The lowest BCUT2D eigenvalue weighted by Gasteiger charge is -2.10. The van der Waals surface area contributed by atoms with Crippen LogP contribution in [0.2, 0.25) is 0 Å². The summed E-state index contributed by atoms with van der Waals surface area (Å²) in [5.41, 5.74) is 0. The Labute approximate surface area is 96.0 Å². The van der Waals surface area contributed by atoms with Crippen molar-refractivity contribution >= 4 is 0 Å². The number of para-hydroxylation sites is 1. The second-order valence-electron chi connectivity index (χ2n) is 4.18. The minimum atomic E-state index is -0.700. The number of aliphatic hydroxyl groups is 1. The second kappa shape index (κ2) is 4.85. The average molecular weight is 222 g/mol. The maximum Gasteiger partial charge on any atom is 0.161 e. The summed E-state index contributed by atoms with van der Waals surface area (Å²) in [5.74, 6) is 1.30. The van der Waals surface area contributed by atoms with Crippen molar-refractivity contribution in [3.63, 3.8) is 0 Å². The van der Waals surface area contributed by atoms with E-state index in [0.29, 0.717) is 12.5 Å². The number of aliphatic hydroxyl groups excluding tert-OH is 1. The molecule has 0 aliphatic heterocycles. The number of hydrogen-bond donors (Lipinski definition) is 1. The summed E-state index contributed by atoms with van der Waals surface area (Å²) in [5, 5.41) is 9.71. The molecule has 0 amide bonds. The Kier molecular flexibility index (Phi) is 3.46. The third kappa shape index (κ3) is 2.36. The Balaban J connectivity index is 1.89. The first-order valence-electron chi connectivity index (χ1n) is 5.75. The van der Waals surface area contributed by atoms with Crippen LogP contribution < -0.4 is 4.74 Å². The average Bonchev–Trinajstić information content (AvgIpc) is 2.91. The van der Waals surface area contributed by atoms with Crippen LogP contribution in [-0.2, 0) is 4.74 Å². The van der Waals surface area contributed by atoms with Gasteiger partial charge in [0.15, 0.2) is 6.29 Å². The van der Waals surface area contributed by atoms with E-state index in [9.17, 15) is 5.11 Å². The summed E-state index contributed by atoms with van der Waals surface area (Å²) in [6.45, 7) is 4.48. The summed E-state index contributed by atoms with van der Waals surface area (Å²) in [4.78, 5) is 0. The molecule has 1 aliphatic carbocycles. The van der Waals surface area contributed by atoms with Crippen molar-refractivity contribution < 1.29 is 14.6 Å². The molecule has 0 aromatic heterocycles. The van der Waals surface area contributed by atoms with E-state index in [1.165, 1.54) is 0 Å². The van der Waals surface area contributed by atoms with E-state index >= 15 is 0 Å². The molecule has 2 rings (SSSR count). The molecule has 1 aromatic rings. The molecular formula is C13H18O3. The smallest absolute Gasteiger partial charge is 0.161 e. The van der Waals surface area contributed by atoms with Crippen molar-refractivity contribution in [2.75, 3.05) is 6.61 Å². The zero-order valence-electron chi connectivity index (χ0n) is 9.67. The van der Waals surface area contributed by atoms with Gasteiger partial charge < -0.3 is 14.6 Å². The summed E-state index contributed by atoms with van der Waals surface area (Å²) in [6, 6.07) is 9.69.